The summed E-state index contributed by atoms with van der Waals surface area (Å²) in [5.41, 5.74) is 11.7. The van der Waals surface area contributed by atoms with Crippen LogP contribution in [-0.2, 0) is 0 Å². The second kappa shape index (κ2) is 5.64. The van der Waals surface area contributed by atoms with Gasteiger partial charge in [-0.25, -0.2) is 0 Å². The third kappa shape index (κ3) is 3.94. The Balaban J connectivity index is 2.78. The van der Waals surface area contributed by atoms with Crippen molar-refractivity contribution in [3.8, 4) is 0 Å². The standard InChI is InChI=1S/C11H15N5O/c1-16(2)10(17)9-5-3-8(4-6-9)7-14-15-11(12)13/h3-7H,1-2H3,(H4,12,13,15). The van der Waals surface area contributed by atoms with Crippen molar-refractivity contribution in [3.63, 3.8) is 0 Å². The van der Waals surface area contributed by atoms with Gasteiger partial charge in [-0.2, -0.15) is 5.10 Å². The van der Waals surface area contributed by atoms with Crippen molar-refractivity contribution in [3.05, 3.63) is 35.4 Å². The van der Waals surface area contributed by atoms with Crippen LogP contribution >= 0.6 is 0 Å². The highest BCUT2D eigenvalue weighted by atomic mass is 16.2. The summed E-state index contributed by atoms with van der Waals surface area (Å²) in [7, 11) is 3.41. The smallest absolute Gasteiger partial charge is 0.253 e. The maximum absolute atomic E-state index is 11.6. The fourth-order valence-corrected chi connectivity index (χ4v) is 1.13. The van der Waals surface area contributed by atoms with Gasteiger partial charge in [0.2, 0.25) is 5.96 Å². The molecule has 0 radical (unpaired) electrons. The van der Waals surface area contributed by atoms with Crippen LogP contribution < -0.4 is 11.5 Å². The van der Waals surface area contributed by atoms with Gasteiger partial charge in [-0.05, 0) is 17.7 Å². The predicted molar refractivity (Wildman–Crippen MR) is 67.9 cm³/mol. The highest BCUT2D eigenvalue weighted by molar-refractivity contribution is 5.94. The van der Waals surface area contributed by atoms with Crippen LogP contribution in [0.3, 0.4) is 0 Å². The Morgan fingerprint density at radius 2 is 1.82 bits per heavy atom. The third-order valence-electron chi connectivity index (χ3n) is 1.94. The zero-order valence-electron chi connectivity index (χ0n) is 9.79. The first-order chi connectivity index (χ1) is 8.00. The lowest BCUT2D eigenvalue weighted by atomic mass is 10.1. The first-order valence-corrected chi connectivity index (χ1v) is 4.94. The number of rotatable bonds is 3. The van der Waals surface area contributed by atoms with Gasteiger partial charge in [-0.15, -0.1) is 5.10 Å². The third-order valence-corrected chi connectivity index (χ3v) is 1.94. The number of carbonyl (C=O) groups is 1. The molecule has 0 aliphatic carbocycles. The van der Waals surface area contributed by atoms with E-state index in [4.69, 9.17) is 11.5 Å². The van der Waals surface area contributed by atoms with Gasteiger partial charge in [0, 0.05) is 19.7 Å². The van der Waals surface area contributed by atoms with E-state index in [0.29, 0.717) is 5.56 Å². The molecule has 6 heteroatoms. The molecule has 1 aromatic carbocycles. The molecule has 4 N–H and O–H groups in total. The summed E-state index contributed by atoms with van der Waals surface area (Å²) in [4.78, 5) is 13.1. The van der Waals surface area contributed by atoms with Crippen LogP contribution in [-0.4, -0.2) is 37.1 Å². The van der Waals surface area contributed by atoms with Gasteiger partial charge in [0.1, 0.15) is 0 Å². The lowest BCUT2D eigenvalue weighted by Crippen LogP contribution is -2.21. The van der Waals surface area contributed by atoms with Crippen molar-refractivity contribution in [1.82, 2.24) is 4.90 Å². The first-order valence-electron chi connectivity index (χ1n) is 4.94. The molecule has 0 heterocycles. The summed E-state index contributed by atoms with van der Waals surface area (Å²) >= 11 is 0. The molecule has 1 rings (SSSR count). The molecule has 0 bridgehead atoms. The fraction of sp³-hybridized carbons (Fsp3) is 0.182. The van der Waals surface area contributed by atoms with E-state index in [1.54, 1.807) is 38.4 Å². The number of hydrogen-bond acceptors (Lipinski definition) is 3. The number of hydrogen-bond donors (Lipinski definition) is 2. The highest BCUT2D eigenvalue weighted by Crippen LogP contribution is 2.04. The molecular formula is C11H15N5O. The lowest BCUT2D eigenvalue weighted by Gasteiger charge is -2.09. The van der Waals surface area contributed by atoms with E-state index < -0.39 is 0 Å². The Kier molecular flexibility index (Phi) is 4.21. The van der Waals surface area contributed by atoms with Gasteiger partial charge in [0.15, 0.2) is 0 Å². The van der Waals surface area contributed by atoms with Gasteiger partial charge in [0.05, 0.1) is 6.21 Å². The molecule has 0 saturated carbocycles. The molecule has 6 nitrogen and oxygen atoms in total. The molecule has 0 fully saturated rings. The molecule has 0 unspecified atom stereocenters. The van der Waals surface area contributed by atoms with Gasteiger partial charge < -0.3 is 16.4 Å². The van der Waals surface area contributed by atoms with Gasteiger partial charge in [0.25, 0.3) is 5.91 Å². The van der Waals surface area contributed by atoms with E-state index >= 15 is 0 Å². The van der Waals surface area contributed by atoms with Crippen LogP contribution in [0.25, 0.3) is 0 Å². The topological polar surface area (TPSA) is 97.1 Å². The Morgan fingerprint density at radius 3 is 2.29 bits per heavy atom. The zero-order chi connectivity index (χ0) is 12.8. The summed E-state index contributed by atoms with van der Waals surface area (Å²) in [5, 5.41) is 7.14. The van der Waals surface area contributed by atoms with E-state index in [-0.39, 0.29) is 11.9 Å². The molecule has 0 aliphatic heterocycles. The average molecular weight is 233 g/mol. The van der Waals surface area contributed by atoms with E-state index in [1.165, 1.54) is 11.1 Å². The summed E-state index contributed by atoms with van der Waals surface area (Å²) in [6.45, 7) is 0. The first kappa shape index (κ1) is 12.7. The lowest BCUT2D eigenvalue weighted by molar-refractivity contribution is 0.0827. The van der Waals surface area contributed by atoms with Crippen molar-refractivity contribution < 1.29 is 4.79 Å². The van der Waals surface area contributed by atoms with Gasteiger partial charge in [-0.3, -0.25) is 4.79 Å². The van der Waals surface area contributed by atoms with Gasteiger partial charge >= 0.3 is 0 Å². The molecule has 0 aromatic heterocycles. The zero-order valence-corrected chi connectivity index (χ0v) is 9.79. The van der Waals surface area contributed by atoms with E-state index in [2.05, 4.69) is 10.2 Å². The number of carbonyl (C=O) groups excluding carboxylic acids is 1. The van der Waals surface area contributed by atoms with Crippen LogP contribution in [0.15, 0.2) is 34.5 Å². The number of amides is 1. The van der Waals surface area contributed by atoms with E-state index in [0.717, 1.165) is 5.56 Å². The van der Waals surface area contributed by atoms with Crippen LogP contribution in [0.4, 0.5) is 0 Å². The molecule has 0 spiro atoms. The minimum absolute atomic E-state index is 0.0438. The van der Waals surface area contributed by atoms with Crippen LogP contribution in [0, 0.1) is 0 Å². The highest BCUT2D eigenvalue weighted by Gasteiger charge is 2.06. The Bertz CT molecular complexity index is 443. The van der Waals surface area contributed by atoms with Crippen LogP contribution in [0.5, 0.6) is 0 Å². The number of nitrogens with zero attached hydrogens (tertiary/aromatic N) is 3. The maximum Gasteiger partial charge on any atom is 0.253 e. The molecule has 90 valence electrons. The van der Waals surface area contributed by atoms with Crippen LogP contribution in [0.2, 0.25) is 0 Å². The molecule has 0 atom stereocenters. The number of nitrogens with two attached hydrogens (primary N) is 2. The Hall–Kier alpha value is -2.37. The van der Waals surface area contributed by atoms with Crippen molar-refractivity contribution in [1.29, 1.82) is 0 Å². The number of guanidine groups is 1. The minimum atomic E-state index is -0.0966. The molecular weight excluding hydrogens is 218 g/mol. The van der Waals surface area contributed by atoms with E-state index in [1.807, 2.05) is 0 Å². The van der Waals surface area contributed by atoms with Crippen molar-refractivity contribution >= 4 is 18.1 Å². The molecule has 17 heavy (non-hydrogen) atoms. The maximum atomic E-state index is 11.6. The minimum Gasteiger partial charge on any atom is -0.369 e. The number of benzene rings is 1. The van der Waals surface area contributed by atoms with Crippen molar-refractivity contribution in [2.45, 2.75) is 0 Å². The van der Waals surface area contributed by atoms with Crippen molar-refractivity contribution in [2.24, 2.45) is 21.7 Å². The normalized spacial score (nSPS) is 10.2. The monoisotopic (exact) mass is 233 g/mol. The predicted octanol–water partition coefficient (Wildman–Crippen LogP) is -0.00430. The van der Waals surface area contributed by atoms with E-state index in [9.17, 15) is 4.79 Å². The van der Waals surface area contributed by atoms with Crippen molar-refractivity contribution in [2.75, 3.05) is 14.1 Å². The van der Waals surface area contributed by atoms with Crippen LogP contribution in [0.1, 0.15) is 15.9 Å². The summed E-state index contributed by atoms with van der Waals surface area (Å²) in [6.07, 6.45) is 1.50. The summed E-state index contributed by atoms with van der Waals surface area (Å²) < 4.78 is 0. The Labute approximate surface area is 99.6 Å². The largest absolute Gasteiger partial charge is 0.369 e. The molecule has 1 aromatic rings. The fourth-order valence-electron chi connectivity index (χ4n) is 1.13. The molecule has 0 saturated heterocycles. The summed E-state index contributed by atoms with van der Waals surface area (Å²) in [5.74, 6) is -0.140. The second-order valence-electron chi connectivity index (χ2n) is 3.59. The molecule has 0 aliphatic rings. The Morgan fingerprint density at radius 1 is 1.24 bits per heavy atom. The second-order valence-corrected chi connectivity index (χ2v) is 3.59. The average Bonchev–Trinajstić information content (AvgIpc) is 2.28. The van der Waals surface area contributed by atoms with Gasteiger partial charge in [-0.1, -0.05) is 12.1 Å². The molecule has 1 amide bonds. The SMILES string of the molecule is CN(C)C(=O)c1ccc(C=NN=C(N)N)cc1. The summed E-state index contributed by atoms with van der Waals surface area (Å²) in [6, 6.07) is 6.98. The quantitative estimate of drug-likeness (QED) is 0.436.